The van der Waals surface area contributed by atoms with Crippen LogP contribution in [0.5, 0.6) is 0 Å². The van der Waals surface area contributed by atoms with Gasteiger partial charge in [-0.15, -0.1) is 0 Å². The predicted molar refractivity (Wildman–Crippen MR) is 152 cm³/mol. The second-order valence-electron chi connectivity index (χ2n) is 12.0. The van der Waals surface area contributed by atoms with E-state index in [1.807, 2.05) is 72.8 Å². The molecule has 0 heterocycles. The van der Waals surface area contributed by atoms with Gasteiger partial charge in [-0.2, -0.15) is 0 Å². The largest absolute Gasteiger partial charge is 0.478 e. The van der Waals surface area contributed by atoms with E-state index in [0.29, 0.717) is 23.3 Å². The van der Waals surface area contributed by atoms with Crippen molar-refractivity contribution in [2.75, 3.05) is 0 Å². The average Bonchev–Trinajstić information content (AvgIpc) is 2.95. The third-order valence-corrected chi connectivity index (χ3v) is 9.51. The molecule has 4 bridgehead atoms. The fraction of sp³-hybridized carbons (Fsp3) is 0.314. The molecule has 4 nitrogen and oxygen atoms in total. The molecule has 39 heavy (non-hydrogen) atoms. The van der Waals surface area contributed by atoms with Crippen LogP contribution in [0.3, 0.4) is 0 Å². The molecule has 0 radical (unpaired) electrons. The van der Waals surface area contributed by atoms with Gasteiger partial charge in [0, 0.05) is 5.56 Å². The quantitative estimate of drug-likeness (QED) is 0.264. The van der Waals surface area contributed by atoms with Crippen molar-refractivity contribution in [3.63, 3.8) is 0 Å². The first-order valence-electron chi connectivity index (χ1n) is 14.1. The number of aromatic carboxylic acids is 1. The summed E-state index contributed by atoms with van der Waals surface area (Å²) in [6.07, 6.45) is 7.21. The smallest absolute Gasteiger partial charge is 0.338 e. The molecule has 4 aromatic carbocycles. The van der Waals surface area contributed by atoms with E-state index in [2.05, 4.69) is 6.07 Å². The topological polar surface area (TPSA) is 63.6 Å². The Hall–Kier alpha value is -3.92. The van der Waals surface area contributed by atoms with Gasteiger partial charge in [0.25, 0.3) is 0 Å². The maximum atomic E-state index is 13.7. The maximum Gasteiger partial charge on any atom is 0.338 e. The molecule has 8 rings (SSSR count). The molecule has 0 amide bonds. The van der Waals surface area contributed by atoms with E-state index in [0.717, 1.165) is 52.3 Å². The number of hydrogen-bond acceptors (Lipinski definition) is 3. The zero-order chi connectivity index (χ0) is 26.6. The Bertz CT molecular complexity index is 1550. The molecule has 1 N–H and O–H groups in total. The zero-order valence-corrected chi connectivity index (χ0v) is 21.9. The second kappa shape index (κ2) is 9.37. The van der Waals surface area contributed by atoms with Gasteiger partial charge in [0.1, 0.15) is 6.61 Å². The SMILES string of the molecule is O=C(OCc1ccccc1)c1ccc(-c2c(C(=O)O)ccc3ccccc23)cc1C12CC3CC(CC(C3)C1)C2. The number of hydrogen-bond donors (Lipinski definition) is 1. The standard InChI is InChI=1S/C35H32O4/c36-33(37)30-13-10-26-8-4-5-9-28(26)32(30)27-11-12-29(34(38)39-21-22-6-2-1-3-7-22)31(17-27)35-18-23-14-24(19-35)16-25(15-23)20-35/h1-13,17,23-25H,14-16,18-21H2,(H,36,37). The number of carbonyl (C=O) groups is 2. The highest BCUT2D eigenvalue weighted by Gasteiger charge is 2.52. The lowest BCUT2D eigenvalue weighted by Crippen LogP contribution is -2.49. The van der Waals surface area contributed by atoms with Crippen molar-refractivity contribution in [1.82, 2.24) is 0 Å². The Balaban J connectivity index is 1.37. The highest BCUT2D eigenvalue weighted by molar-refractivity contribution is 6.08. The van der Waals surface area contributed by atoms with Crippen molar-refractivity contribution in [3.8, 4) is 11.1 Å². The fourth-order valence-corrected chi connectivity index (χ4v) is 8.32. The molecular weight excluding hydrogens is 484 g/mol. The Kier molecular flexibility index (Phi) is 5.80. The van der Waals surface area contributed by atoms with Crippen molar-refractivity contribution in [2.24, 2.45) is 17.8 Å². The number of benzene rings is 4. The number of ether oxygens (including phenoxy) is 1. The third-order valence-electron chi connectivity index (χ3n) is 9.51. The first-order chi connectivity index (χ1) is 19.0. The first-order valence-corrected chi connectivity index (χ1v) is 14.1. The highest BCUT2D eigenvalue weighted by Crippen LogP contribution is 2.61. The number of fused-ring (bicyclic) bond motifs is 1. The molecule has 4 saturated carbocycles. The van der Waals surface area contributed by atoms with Crippen LogP contribution in [0.1, 0.15) is 70.4 Å². The number of carboxylic acids is 1. The summed E-state index contributed by atoms with van der Waals surface area (Å²) in [5.74, 6) is 0.881. The summed E-state index contributed by atoms with van der Waals surface area (Å²) < 4.78 is 5.86. The van der Waals surface area contributed by atoms with Gasteiger partial charge in [0.15, 0.2) is 0 Å². The van der Waals surface area contributed by atoms with Crippen molar-refractivity contribution in [1.29, 1.82) is 0 Å². The Labute approximate surface area is 228 Å². The van der Waals surface area contributed by atoms with Crippen LogP contribution in [0.4, 0.5) is 0 Å². The molecular formula is C35H32O4. The van der Waals surface area contributed by atoms with Gasteiger partial charge in [-0.05, 0) is 107 Å². The van der Waals surface area contributed by atoms with E-state index in [1.165, 1.54) is 19.3 Å². The molecule has 4 aliphatic carbocycles. The van der Waals surface area contributed by atoms with E-state index < -0.39 is 5.97 Å². The van der Waals surface area contributed by atoms with Crippen LogP contribution >= 0.6 is 0 Å². The summed E-state index contributed by atoms with van der Waals surface area (Å²) in [6.45, 7) is 0.230. The summed E-state index contributed by atoms with van der Waals surface area (Å²) >= 11 is 0. The van der Waals surface area contributed by atoms with Gasteiger partial charge in [-0.25, -0.2) is 9.59 Å². The summed E-state index contributed by atoms with van der Waals surface area (Å²) in [5, 5.41) is 12.0. The third kappa shape index (κ3) is 4.23. The predicted octanol–water partition coefficient (Wildman–Crippen LogP) is 8.03. The number of carboxylic acid groups (broad SMARTS) is 1. The number of rotatable bonds is 6. The molecule has 4 heteroatoms. The van der Waals surface area contributed by atoms with Gasteiger partial charge in [0.2, 0.25) is 0 Å². The summed E-state index contributed by atoms with van der Waals surface area (Å²) in [7, 11) is 0. The van der Waals surface area contributed by atoms with Crippen LogP contribution in [0.2, 0.25) is 0 Å². The van der Waals surface area contributed by atoms with E-state index in [-0.39, 0.29) is 23.6 Å². The van der Waals surface area contributed by atoms with Gasteiger partial charge >= 0.3 is 11.9 Å². The Morgan fingerprint density at radius 2 is 1.41 bits per heavy atom. The summed E-state index contributed by atoms with van der Waals surface area (Å²) in [6, 6.07) is 27.2. The molecule has 196 valence electrons. The molecule has 0 aromatic heterocycles. The highest BCUT2D eigenvalue weighted by atomic mass is 16.5. The lowest BCUT2D eigenvalue weighted by Gasteiger charge is -2.57. The molecule has 0 atom stereocenters. The van der Waals surface area contributed by atoms with Gasteiger partial charge < -0.3 is 9.84 Å². The van der Waals surface area contributed by atoms with Crippen molar-refractivity contribution in [2.45, 2.75) is 50.5 Å². The van der Waals surface area contributed by atoms with Gasteiger partial charge in [-0.1, -0.05) is 66.7 Å². The average molecular weight is 517 g/mol. The van der Waals surface area contributed by atoms with Crippen LogP contribution in [-0.2, 0) is 16.8 Å². The van der Waals surface area contributed by atoms with Crippen molar-refractivity contribution >= 4 is 22.7 Å². The molecule has 0 saturated heterocycles. The fourth-order valence-electron chi connectivity index (χ4n) is 8.32. The Morgan fingerprint density at radius 1 is 0.769 bits per heavy atom. The molecule has 4 fully saturated rings. The van der Waals surface area contributed by atoms with Crippen LogP contribution in [0.25, 0.3) is 21.9 Å². The summed E-state index contributed by atoms with van der Waals surface area (Å²) in [5.41, 5.74) is 4.45. The van der Waals surface area contributed by atoms with Crippen LogP contribution < -0.4 is 0 Å². The van der Waals surface area contributed by atoms with E-state index in [4.69, 9.17) is 4.74 Å². The normalized spacial score (nSPS) is 25.1. The van der Waals surface area contributed by atoms with E-state index >= 15 is 0 Å². The minimum Gasteiger partial charge on any atom is -0.478 e. The van der Waals surface area contributed by atoms with E-state index in [9.17, 15) is 14.7 Å². The molecule has 0 aliphatic heterocycles. The van der Waals surface area contributed by atoms with E-state index in [1.54, 1.807) is 6.07 Å². The zero-order valence-electron chi connectivity index (χ0n) is 21.9. The van der Waals surface area contributed by atoms with Crippen molar-refractivity contribution < 1.29 is 19.4 Å². The molecule has 4 aromatic rings. The minimum atomic E-state index is -0.946. The minimum absolute atomic E-state index is 0.0557. The molecule has 0 spiro atoms. The van der Waals surface area contributed by atoms with Crippen molar-refractivity contribution in [3.05, 3.63) is 107 Å². The van der Waals surface area contributed by atoms with Gasteiger partial charge in [0.05, 0.1) is 11.1 Å². The number of carbonyl (C=O) groups excluding carboxylic acids is 1. The Morgan fingerprint density at radius 3 is 2.10 bits per heavy atom. The van der Waals surface area contributed by atoms with Crippen LogP contribution in [0, 0.1) is 17.8 Å². The second-order valence-corrected chi connectivity index (χ2v) is 12.0. The monoisotopic (exact) mass is 516 g/mol. The molecule has 4 aliphatic rings. The summed E-state index contributed by atoms with van der Waals surface area (Å²) in [4.78, 5) is 26.0. The van der Waals surface area contributed by atoms with Gasteiger partial charge in [-0.3, -0.25) is 0 Å². The van der Waals surface area contributed by atoms with Crippen LogP contribution in [0.15, 0.2) is 84.9 Å². The molecule has 0 unspecified atom stereocenters. The number of esters is 1. The maximum absolute atomic E-state index is 13.7. The lowest BCUT2D eigenvalue weighted by atomic mass is 9.47. The lowest BCUT2D eigenvalue weighted by molar-refractivity contribution is -0.00612. The first kappa shape index (κ1) is 24.1. The van der Waals surface area contributed by atoms with Crippen LogP contribution in [-0.4, -0.2) is 17.0 Å².